The van der Waals surface area contributed by atoms with E-state index in [4.69, 9.17) is 9.72 Å². The molecule has 0 amide bonds. The molecule has 0 bridgehead atoms. The molecule has 1 aromatic carbocycles. The van der Waals surface area contributed by atoms with Crippen LogP contribution in [-0.4, -0.2) is 46.5 Å². The molecule has 1 aliphatic rings. The fraction of sp³-hybridized carbons (Fsp3) is 0.375. The van der Waals surface area contributed by atoms with Gasteiger partial charge >= 0.3 is 0 Å². The Kier molecular flexibility index (Phi) is 3.99. The molecule has 7 nitrogen and oxygen atoms in total. The molecule has 1 N–H and O–H groups in total. The molecule has 0 aliphatic carbocycles. The minimum absolute atomic E-state index is 0.510. The Labute approximate surface area is 143 Å². The van der Waals surface area contributed by atoms with Gasteiger partial charge in [0.05, 0.1) is 34.8 Å². The van der Waals surface area contributed by atoms with E-state index >= 15 is 0 Å². The Morgan fingerprint density at radius 2 is 1.92 bits per heavy atom. The molecule has 0 saturated carbocycles. The number of ether oxygens (including phenoxy) is 1. The fourth-order valence-electron chi connectivity index (χ4n) is 2.52. The number of aryl methyl sites for hydroxylation is 2. The first-order valence-corrected chi connectivity index (χ1v) is 8.69. The normalized spacial score (nSPS) is 15.0. The molecule has 3 heterocycles. The largest absolute Gasteiger partial charge is 0.378 e. The third-order valence-electron chi connectivity index (χ3n) is 4.01. The number of hydrogen-bond donors (Lipinski definition) is 1. The quantitative estimate of drug-likeness (QED) is 0.784. The Morgan fingerprint density at radius 3 is 2.71 bits per heavy atom. The van der Waals surface area contributed by atoms with Crippen molar-refractivity contribution < 1.29 is 4.74 Å². The Balaban J connectivity index is 1.59. The molecule has 2 aromatic heterocycles. The van der Waals surface area contributed by atoms with Gasteiger partial charge in [0.15, 0.2) is 5.13 Å². The maximum absolute atomic E-state index is 5.40. The van der Waals surface area contributed by atoms with Gasteiger partial charge in [-0.25, -0.2) is 9.97 Å². The highest BCUT2D eigenvalue weighted by Crippen LogP contribution is 2.31. The lowest BCUT2D eigenvalue weighted by molar-refractivity contribution is 0.122. The van der Waals surface area contributed by atoms with Crippen LogP contribution in [0.1, 0.15) is 11.4 Å². The van der Waals surface area contributed by atoms with Crippen molar-refractivity contribution in [1.82, 2.24) is 20.2 Å². The van der Waals surface area contributed by atoms with Crippen LogP contribution in [0.5, 0.6) is 0 Å². The van der Waals surface area contributed by atoms with Crippen LogP contribution in [0, 0.1) is 13.8 Å². The number of rotatable bonds is 3. The number of morpholine rings is 1. The highest BCUT2D eigenvalue weighted by atomic mass is 32.1. The van der Waals surface area contributed by atoms with Crippen molar-refractivity contribution in [2.45, 2.75) is 13.8 Å². The SMILES string of the molecule is Cc1nnc(Nc2ccc3nc(N4CCOCC4)sc3c2)nc1C. The van der Waals surface area contributed by atoms with E-state index in [1.165, 1.54) is 0 Å². The predicted molar refractivity (Wildman–Crippen MR) is 95.2 cm³/mol. The molecule has 0 spiro atoms. The minimum Gasteiger partial charge on any atom is -0.378 e. The number of nitrogens with one attached hydrogen (secondary N) is 1. The summed E-state index contributed by atoms with van der Waals surface area (Å²) < 4.78 is 6.54. The molecular formula is C16H18N6OS. The first kappa shape index (κ1) is 15.2. The first-order chi connectivity index (χ1) is 11.7. The van der Waals surface area contributed by atoms with Crippen LogP contribution in [0.2, 0.25) is 0 Å². The smallest absolute Gasteiger partial charge is 0.247 e. The first-order valence-electron chi connectivity index (χ1n) is 7.87. The van der Waals surface area contributed by atoms with Gasteiger partial charge in [-0.3, -0.25) is 0 Å². The second-order valence-corrected chi connectivity index (χ2v) is 6.72. The van der Waals surface area contributed by atoms with E-state index in [-0.39, 0.29) is 0 Å². The van der Waals surface area contributed by atoms with Crippen molar-refractivity contribution in [3.8, 4) is 0 Å². The van der Waals surface area contributed by atoms with Crippen molar-refractivity contribution in [3.05, 3.63) is 29.6 Å². The van der Waals surface area contributed by atoms with Gasteiger partial charge in [-0.05, 0) is 32.0 Å². The zero-order valence-electron chi connectivity index (χ0n) is 13.6. The standard InChI is InChI=1S/C16H18N6OS/c1-10-11(2)20-21-15(17-10)18-12-3-4-13-14(9-12)24-16(19-13)22-5-7-23-8-6-22/h3-4,9H,5-8H2,1-2H3,(H,17,18,21). The van der Waals surface area contributed by atoms with Gasteiger partial charge in [0, 0.05) is 18.8 Å². The minimum atomic E-state index is 0.510. The third kappa shape index (κ3) is 3.02. The van der Waals surface area contributed by atoms with Gasteiger partial charge in [0.25, 0.3) is 0 Å². The third-order valence-corrected chi connectivity index (χ3v) is 5.09. The van der Waals surface area contributed by atoms with E-state index in [2.05, 4.69) is 31.5 Å². The van der Waals surface area contributed by atoms with Crippen LogP contribution in [0.3, 0.4) is 0 Å². The van der Waals surface area contributed by atoms with Gasteiger partial charge in [-0.2, -0.15) is 5.10 Å². The molecule has 1 saturated heterocycles. The topological polar surface area (TPSA) is 76.1 Å². The van der Waals surface area contributed by atoms with Crippen LogP contribution in [0.4, 0.5) is 16.8 Å². The molecule has 4 rings (SSSR count). The Hall–Kier alpha value is -2.32. The molecule has 0 unspecified atom stereocenters. The molecule has 124 valence electrons. The average Bonchev–Trinajstić information content (AvgIpc) is 3.02. The maximum atomic E-state index is 5.40. The number of fused-ring (bicyclic) bond motifs is 1. The summed E-state index contributed by atoms with van der Waals surface area (Å²) in [6.45, 7) is 7.14. The monoisotopic (exact) mass is 342 g/mol. The zero-order valence-corrected chi connectivity index (χ0v) is 14.4. The summed E-state index contributed by atoms with van der Waals surface area (Å²) >= 11 is 1.70. The van der Waals surface area contributed by atoms with Gasteiger partial charge in [0.2, 0.25) is 5.95 Å². The van der Waals surface area contributed by atoms with E-state index in [1.807, 2.05) is 26.0 Å². The van der Waals surface area contributed by atoms with Crippen LogP contribution < -0.4 is 10.2 Å². The summed E-state index contributed by atoms with van der Waals surface area (Å²) in [5, 5.41) is 12.4. The van der Waals surface area contributed by atoms with Gasteiger partial charge < -0.3 is 15.0 Å². The van der Waals surface area contributed by atoms with Gasteiger partial charge in [-0.1, -0.05) is 11.3 Å². The number of benzene rings is 1. The molecule has 0 atom stereocenters. The van der Waals surface area contributed by atoms with Crippen molar-refractivity contribution in [2.75, 3.05) is 36.5 Å². The van der Waals surface area contributed by atoms with E-state index in [1.54, 1.807) is 11.3 Å². The molecule has 1 fully saturated rings. The van der Waals surface area contributed by atoms with Gasteiger partial charge in [0.1, 0.15) is 0 Å². The molecule has 8 heteroatoms. The molecule has 24 heavy (non-hydrogen) atoms. The number of thiazole rings is 1. The van der Waals surface area contributed by atoms with Crippen LogP contribution in [0.15, 0.2) is 18.2 Å². The number of hydrogen-bond acceptors (Lipinski definition) is 8. The van der Waals surface area contributed by atoms with Crippen LogP contribution in [0.25, 0.3) is 10.2 Å². The van der Waals surface area contributed by atoms with E-state index in [0.29, 0.717) is 5.95 Å². The summed E-state index contributed by atoms with van der Waals surface area (Å²) in [4.78, 5) is 11.4. The summed E-state index contributed by atoms with van der Waals surface area (Å²) in [6.07, 6.45) is 0. The molecule has 3 aromatic rings. The van der Waals surface area contributed by atoms with Gasteiger partial charge in [-0.15, -0.1) is 5.10 Å². The summed E-state index contributed by atoms with van der Waals surface area (Å²) in [5.41, 5.74) is 3.66. The predicted octanol–water partition coefficient (Wildman–Crippen LogP) is 2.68. The number of aromatic nitrogens is 4. The van der Waals surface area contributed by atoms with Crippen LogP contribution in [-0.2, 0) is 4.74 Å². The number of anilines is 3. The highest BCUT2D eigenvalue weighted by molar-refractivity contribution is 7.22. The second-order valence-electron chi connectivity index (χ2n) is 5.71. The van der Waals surface area contributed by atoms with E-state index < -0.39 is 0 Å². The Morgan fingerprint density at radius 1 is 1.08 bits per heavy atom. The number of nitrogens with zero attached hydrogens (tertiary/aromatic N) is 5. The summed E-state index contributed by atoms with van der Waals surface area (Å²) in [5.74, 6) is 0.510. The lowest BCUT2D eigenvalue weighted by Gasteiger charge is -2.25. The van der Waals surface area contributed by atoms with Crippen molar-refractivity contribution in [2.24, 2.45) is 0 Å². The molecular weight excluding hydrogens is 324 g/mol. The summed E-state index contributed by atoms with van der Waals surface area (Å²) in [7, 11) is 0. The van der Waals surface area contributed by atoms with E-state index in [9.17, 15) is 0 Å². The Bertz CT molecular complexity index is 874. The van der Waals surface area contributed by atoms with Crippen molar-refractivity contribution in [1.29, 1.82) is 0 Å². The maximum Gasteiger partial charge on any atom is 0.247 e. The lowest BCUT2D eigenvalue weighted by atomic mass is 10.3. The fourth-order valence-corrected chi connectivity index (χ4v) is 3.58. The molecule has 0 radical (unpaired) electrons. The molecule has 1 aliphatic heterocycles. The zero-order chi connectivity index (χ0) is 16.5. The van der Waals surface area contributed by atoms with E-state index in [0.717, 1.165) is 58.7 Å². The van der Waals surface area contributed by atoms with Crippen molar-refractivity contribution >= 4 is 38.3 Å². The van der Waals surface area contributed by atoms with Crippen LogP contribution >= 0.6 is 11.3 Å². The lowest BCUT2D eigenvalue weighted by Crippen LogP contribution is -2.36. The average molecular weight is 342 g/mol. The van der Waals surface area contributed by atoms with Crippen molar-refractivity contribution in [3.63, 3.8) is 0 Å². The summed E-state index contributed by atoms with van der Waals surface area (Å²) in [6, 6.07) is 6.09. The highest BCUT2D eigenvalue weighted by Gasteiger charge is 2.15. The second kappa shape index (κ2) is 6.29.